The van der Waals surface area contributed by atoms with Gasteiger partial charge in [-0.05, 0) is 36.1 Å². The number of carbonyl (C=O) groups is 1. The Bertz CT molecular complexity index is 564. The van der Waals surface area contributed by atoms with Crippen LogP contribution >= 0.6 is 22.9 Å². The van der Waals surface area contributed by atoms with Crippen molar-refractivity contribution in [2.45, 2.75) is 13.5 Å². The predicted octanol–water partition coefficient (Wildman–Crippen LogP) is 3.98. The van der Waals surface area contributed by atoms with Gasteiger partial charge >= 0.3 is 0 Å². The molecule has 2 nitrogen and oxygen atoms in total. The summed E-state index contributed by atoms with van der Waals surface area (Å²) >= 11 is 7.70. The predicted molar refractivity (Wildman–Crippen MR) is 76.3 cm³/mol. The Morgan fingerprint density at radius 2 is 2.06 bits per heavy atom. The fourth-order valence-corrected chi connectivity index (χ4v) is 2.87. The maximum atomic E-state index is 12.2. The zero-order chi connectivity index (χ0) is 13.1. The average Bonchev–Trinajstić information content (AvgIpc) is 2.75. The Labute approximate surface area is 116 Å². The Morgan fingerprint density at radius 3 is 2.67 bits per heavy atom. The van der Waals surface area contributed by atoms with Gasteiger partial charge in [-0.15, -0.1) is 11.3 Å². The van der Waals surface area contributed by atoms with Crippen LogP contribution in [0, 0.1) is 6.92 Å². The standard InChI is InChI=1S/C14H14ClNOS/c1-10-7-8-18-13(10)9-16(2)14(17)11-5-3-4-6-12(11)15/h3-8H,9H2,1-2H3. The third-order valence-electron chi connectivity index (χ3n) is 2.80. The largest absolute Gasteiger partial charge is 0.337 e. The number of halogens is 1. The van der Waals surface area contributed by atoms with E-state index >= 15 is 0 Å². The van der Waals surface area contributed by atoms with Crippen LogP contribution in [0.2, 0.25) is 5.02 Å². The third-order valence-corrected chi connectivity index (χ3v) is 4.14. The van der Waals surface area contributed by atoms with Gasteiger partial charge < -0.3 is 4.90 Å². The van der Waals surface area contributed by atoms with Crippen molar-refractivity contribution < 1.29 is 4.79 Å². The van der Waals surface area contributed by atoms with Crippen LogP contribution in [0.1, 0.15) is 20.8 Å². The Balaban J connectivity index is 2.15. The molecule has 2 aromatic rings. The van der Waals surface area contributed by atoms with E-state index in [0.717, 1.165) is 0 Å². The number of hydrogen-bond acceptors (Lipinski definition) is 2. The summed E-state index contributed by atoms with van der Waals surface area (Å²) in [4.78, 5) is 15.2. The molecule has 0 spiro atoms. The molecule has 2 rings (SSSR count). The summed E-state index contributed by atoms with van der Waals surface area (Å²) in [6.07, 6.45) is 0. The van der Waals surface area contributed by atoms with E-state index < -0.39 is 0 Å². The van der Waals surface area contributed by atoms with Crippen molar-refractivity contribution in [3.8, 4) is 0 Å². The molecule has 94 valence electrons. The molecule has 18 heavy (non-hydrogen) atoms. The zero-order valence-corrected chi connectivity index (χ0v) is 11.9. The Kier molecular flexibility index (Phi) is 4.04. The van der Waals surface area contributed by atoms with Gasteiger partial charge in [0.05, 0.1) is 17.1 Å². The van der Waals surface area contributed by atoms with E-state index in [4.69, 9.17) is 11.6 Å². The number of nitrogens with zero attached hydrogens (tertiary/aromatic N) is 1. The molecule has 0 fully saturated rings. The van der Waals surface area contributed by atoms with Crippen LogP contribution in [0.25, 0.3) is 0 Å². The number of thiophene rings is 1. The average molecular weight is 280 g/mol. The van der Waals surface area contributed by atoms with E-state index in [2.05, 4.69) is 13.0 Å². The molecule has 0 saturated heterocycles. The fraction of sp³-hybridized carbons (Fsp3) is 0.214. The summed E-state index contributed by atoms with van der Waals surface area (Å²) < 4.78 is 0. The minimum atomic E-state index is -0.0478. The highest BCUT2D eigenvalue weighted by Gasteiger charge is 2.15. The first-order valence-corrected chi connectivity index (χ1v) is 6.88. The lowest BCUT2D eigenvalue weighted by molar-refractivity contribution is 0.0786. The van der Waals surface area contributed by atoms with Crippen LogP contribution in [-0.2, 0) is 6.54 Å². The number of amides is 1. The molecule has 0 unspecified atom stereocenters. The van der Waals surface area contributed by atoms with Crippen LogP contribution in [0.3, 0.4) is 0 Å². The smallest absolute Gasteiger partial charge is 0.255 e. The van der Waals surface area contributed by atoms with Crippen molar-refractivity contribution in [2.75, 3.05) is 7.05 Å². The summed E-state index contributed by atoms with van der Waals surface area (Å²) in [6, 6.07) is 9.20. The highest BCUT2D eigenvalue weighted by molar-refractivity contribution is 7.10. The molecular weight excluding hydrogens is 266 g/mol. The molecule has 0 aliphatic rings. The summed E-state index contributed by atoms with van der Waals surface area (Å²) in [5.74, 6) is -0.0478. The molecule has 0 aliphatic heterocycles. The fourth-order valence-electron chi connectivity index (χ4n) is 1.69. The number of aryl methyl sites for hydroxylation is 1. The minimum Gasteiger partial charge on any atom is -0.337 e. The minimum absolute atomic E-state index is 0.0478. The lowest BCUT2D eigenvalue weighted by Gasteiger charge is -2.17. The second kappa shape index (κ2) is 5.55. The van der Waals surface area contributed by atoms with Crippen molar-refractivity contribution >= 4 is 28.8 Å². The molecule has 1 amide bonds. The highest BCUT2D eigenvalue weighted by Crippen LogP contribution is 2.20. The molecule has 4 heteroatoms. The van der Waals surface area contributed by atoms with Crippen LogP contribution in [0.5, 0.6) is 0 Å². The second-order valence-electron chi connectivity index (χ2n) is 4.17. The quantitative estimate of drug-likeness (QED) is 0.832. The van der Waals surface area contributed by atoms with Gasteiger partial charge in [-0.3, -0.25) is 4.79 Å². The first kappa shape index (κ1) is 13.1. The van der Waals surface area contributed by atoms with Gasteiger partial charge in [0.25, 0.3) is 5.91 Å². The molecule has 0 aliphatic carbocycles. The van der Waals surface area contributed by atoms with E-state index in [1.54, 1.807) is 35.4 Å². The van der Waals surface area contributed by atoms with E-state index in [9.17, 15) is 4.79 Å². The highest BCUT2D eigenvalue weighted by atomic mass is 35.5. The van der Waals surface area contributed by atoms with Crippen molar-refractivity contribution in [3.63, 3.8) is 0 Å². The van der Waals surface area contributed by atoms with Gasteiger partial charge in [0, 0.05) is 11.9 Å². The monoisotopic (exact) mass is 279 g/mol. The first-order valence-electron chi connectivity index (χ1n) is 5.62. The number of rotatable bonds is 3. The van der Waals surface area contributed by atoms with Gasteiger partial charge in [-0.1, -0.05) is 23.7 Å². The van der Waals surface area contributed by atoms with Crippen molar-refractivity contribution in [2.24, 2.45) is 0 Å². The first-order chi connectivity index (χ1) is 8.59. The van der Waals surface area contributed by atoms with Gasteiger partial charge in [0.15, 0.2) is 0 Å². The summed E-state index contributed by atoms with van der Waals surface area (Å²) in [5.41, 5.74) is 1.77. The van der Waals surface area contributed by atoms with E-state index in [-0.39, 0.29) is 5.91 Å². The maximum absolute atomic E-state index is 12.2. The molecule has 1 aromatic heterocycles. The van der Waals surface area contributed by atoms with Crippen LogP contribution in [0.4, 0.5) is 0 Å². The molecular formula is C14H14ClNOS. The summed E-state index contributed by atoms with van der Waals surface area (Å²) in [7, 11) is 1.80. The van der Waals surface area contributed by atoms with E-state index in [1.165, 1.54) is 10.4 Å². The molecule has 0 N–H and O–H groups in total. The number of hydrogen-bond donors (Lipinski definition) is 0. The molecule has 0 radical (unpaired) electrons. The van der Waals surface area contributed by atoms with Gasteiger partial charge in [-0.2, -0.15) is 0 Å². The second-order valence-corrected chi connectivity index (χ2v) is 5.58. The number of carbonyl (C=O) groups excluding carboxylic acids is 1. The van der Waals surface area contributed by atoms with Gasteiger partial charge in [0.1, 0.15) is 0 Å². The lowest BCUT2D eigenvalue weighted by Crippen LogP contribution is -2.26. The molecule has 1 aromatic carbocycles. The normalized spacial score (nSPS) is 10.4. The summed E-state index contributed by atoms with van der Waals surface area (Å²) in [5, 5.41) is 2.54. The van der Waals surface area contributed by atoms with Crippen molar-refractivity contribution in [1.29, 1.82) is 0 Å². The van der Waals surface area contributed by atoms with Crippen LogP contribution in [-0.4, -0.2) is 17.9 Å². The van der Waals surface area contributed by atoms with Crippen LogP contribution < -0.4 is 0 Å². The Morgan fingerprint density at radius 1 is 1.33 bits per heavy atom. The SMILES string of the molecule is Cc1ccsc1CN(C)C(=O)c1ccccc1Cl. The van der Waals surface area contributed by atoms with Gasteiger partial charge in [0.2, 0.25) is 0 Å². The van der Waals surface area contributed by atoms with E-state index in [1.807, 2.05) is 17.5 Å². The molecule has 1 heterocycles. The maximum Gasteiger partial charge on any atom is 0.255 e. The zero-order valence-electron chi connectivity index (χ0n) is 10.3. The van der Waals surface area contributed by atoms with Gasteiger partial charge in [-0.25, -0.2) is 0 Å². The molecule has 0 atom stereocenters. The van der Waals surface area contributed by atoms with E-state index in [0.29, 0.717) is 17.1 Å². The number of benzene rings is 1. The van der Waals surface area contributed by atoms with Crippen LogP contribution in [0.15, 0.2) is 35.7 Å². The molecule has 0 saturated carbocycles. The topological polar surface area (TPSA) is 20.3 Å². The van der Waals surface area contributed by atoms with Crippen molar-refractivity contribution in [3.05, 3.63) is 56.7 Å². The summed E-state index contributed by atoms with van der Waals surface area (Å²) in [6.45, 7) is 2.67. The molecule has 0 bridgehead atoms. The third kappa shape index (κ3) is 2.74. The Hall–Kier alpha value is -1.32. The van der Waals surface area contributed by atoms with Crippen molar-refractivity contribution in [1.82, 2.24) is 4.90 Å². The lowest BCUT2D eigenvalue weighted by atomic mass is 10.2.